The molecular weight excluding hydrogens is 232 g/mol. The Labute approximate surface area is 117 Å². The maximum absolute atomic E-state index is 3.72. The van der Waals surface area contributed by atoms with E-state index in [1.165, 1.54) is 51.5 Å². The normalized spacial score (nSPS) is 19.6. The smallest absolute Gasteiger partial charge is 0.0211 e. The Kier molecular flexibility index (Phi) is 4.52. The molecule has 2 heteroatoms. The highest BCUT2D eigenvalue weighted by atomic mass is 14.9. The summed E-state index contributed by atoms with van der Waals surface area (Å²) >= 11 is 0. The van der Waals surface area contributed by atoms with Crippen LogP contribution < -0.4 is 10.6 Å². The number of benzene rings is 1. The van der Waals surface area contributed by atoms with Gasteiger partial charge in [-0.1, -0.05) is 31.0 Å². The van der Waals surface area contributed by atoms with Gasteiger partial charge in [-0.25, -0.2) is 0 Å². The van der Waals surface area contributed by atoms with Gasteiger partial charge in [0.1, 0.15) is 0 Å². The first-order chi connectivity index (χ1) is 9.43. The molecule has 0 amide bonds. The van der Waals surface area contributed by atoms with Crippen molar-refractivity contribution in [2.75, 3.05) is 13.1 Å². The molecule has 0 spiro atoms. The van der Waals surface area contributed by atoms with E-state index in [9.17, 15) is 0 Å². The van der Waals surface area contributed by atoms with Crippen LogP contribution in [0.15, 0.2) is 18.2 Å². The topological polar surface area (TPSA) is 24.1 Å². The predicted octanol–water partition coefficient (Wildman–Crippen LogP) is 2.80. The number of aryl methyl sites for hydroxylation is 1. The van der Waals surface area contributed by atoms with Gasteiger partial charge >= 0.3 is 0 Å². The molecule has 1 aliphatic carbocycles. The summed E-state index contributed by atoms with van der Waals surface area (Å²) in [4.78, 5) is 0. The first-order valence-corrected chi connectivity index (χ1v) is 7.97. The monoisotopic (exact) mass is 258 g/mol. The molecule has 0 bridgehead atoms. The molecule has 1 saturated carbocycles. The lowest BCUT2D eigenvalue weighted by molar-refractivity contribution is 0.514. The van der Waals surface area contributed by atoms with Gasteiger partial charge in [0.15, 0.2) is 0 Å². The molecule has 2 aliphatic rings. The molecule has 1 fully saturated rings. The van der Waals surface area contributed by atoms with Crippen molar-refractivity contribution in [1.29, 1.82) is 0 Å². The molecule has 2 nitrogen and oxygen atoms in total. The van der Waals surface area contributed by atoms with Crippen molar-refractivity contribution in [3.05, 3.63) is 34.9 Å². The molecule has 0 atom stereocenters. The van der Waals surface area contributed by atoms with Gasteiger partial charge in [0.05, 0.1) is 0 Å². The lowest BCUT2D eigenvalue weighted by atomic mass is 9.93. The van der Waals surface area contributed by atoms with Crippen LogP contribution in [-0.2, 0) is 19.4 Å². The van der Waals surface area contributed by atoms with Crippen LogP contribution in [0.25, 0.3) is 0 Å². The summed E-state index contributed by atoms with van der Waals surface area (Å²) in [7, 11) is 0. The highest BCUT2D eigenvalue weighted by Gasteiger charge is 2.14. The van der Waals surface area contributed by atoms with E-state index in [1.807, 2.05) is 0 Å². The zero-order valence-electron chi connectivity index (χ0n) is 11.9. The zero-order valence-corrected chi connectivity index (χ0v) is 11.9. The largest absolute Gasteiger partial charge is 0.314 e. The summed E-state index contributed by atoms with van der Waals surface area (Å²) < 4.78 is 0. The van der Waals surface area contributed by atoms with Gasteiger partial charge < -0.3 is 10.6 Å². The van der Waals surface area contributed by atoms with Gasteiger partial charge in [0, 0.05) is 12.6 Å². The van der Waals surface area contributed by atoms with E-state index >= 15 is 0 Å². The van der Waals surface area contributed by atoms with Crippen LogP contribution in [0.4, 0.5) is 0 Å². The van der Waals surface area contributed by atoms with Crippen LogP contribution in [0.1, 0.15) is 48.8 Å². The first-order valence-electron chi connectivity index (χ1n) is 7.97. The third-order valence-electron chi connectivity index (χ3n) is 4.65. The molecular formula is C17H26N2. The summed E-state index contributed by atoms with van der Waals surface area (Å²) in [6.45, 7) is 3.39. The Balaban J connectivity index is 1.49. The Hall–Kier alpha value is -0.860. The van der Waals surface area contributed by atoms with E-state index in [0.717, 1.165) is 19.1 Å². The van der Waals surface area contributed by atoms with E-state index in [4.69, 9.17) is 0 Å². The maximum atomic E-state index is 3.72. The second-order valence-corrected chi connectivity index (χ2v) is 6.02. The summed E-state index contributed by atoms with van der Waals surface area (Å²) in [6, 6.07) is 7.67. The minimum Gasteiger partial charge on any atom is -0.314 e. The van der Waals surface area contributed by atoms with Crippen LogP contribution in [0.2, 0.25) is 0 Å². The molecule has 19 heavy (non-hydrogen) atoms. The summed E-state index contributed by atoms with van der Waals surface area (Å²) in [5.74, 6) is 0. The molecule has 1 heterocycles. The minimum absolute atomic E-state index is 0.811. The Morgan fingerprint density at radius 1 is 1.21 bits per heavy atom. The molecule has 1 aromatic rings. The Morgan fingerprint density at radius 3 is 3.00 bits per heavy atom. The Bertz CT molecular complexity index is 408. The van der Waals surface area contributed by atoms with Crippen LogP contribution >= 0.6 is 0 Å². The summed E-state index contributed by atoms with van der Waals surface area (Å²) in [5.41, 5.74) is 4.72. The average molecular weight is 258 g/mol. The van der Waals surface area contributed by atoms with E-state index in [2.05, 4.69) is 28.8 Å². The van der Waals surface area contributed by atoms with Gasteiger partial charge in [-0.15, -0.1) is 0 Å². The minimum atomic E-state index is 0.811. The zero-order chi connectivity index (χ0) is 12.9. The second-order valence-electron chi connectivity index (χ2n) is 6.02. The molecule has 0 radical (unpaired) electrons. The fourth-order valence-electron chi connectivity index (χ4n) is 3.53. The maximum Gasteiger partial charge on any atom is 0.0211 e. The first kappa shape index (κ1) is 13.1. The molecule has 2 N–H and O–H groups in total. The van der Waals surface area contributed by atoms with Crippen molar-refractivity contribution in [1.82, 2.24) is 10.6 Å². The van der Waals surface area contributed by atoms with Crippen LogP contribution in [0.5, 0.6) is 0 Å². The lowest BCUT2D eigenvalue weighted by Crippen LogP contribution is -2.27. The third-order valence-corrected chi connectivity index (χ3v) is 4.65. The fourth-order valence-corrected chi connectivity index (χ4v) is 3.53. The van der Waals surface area contributed by atoms with Crippen LogP contribution in [0, 0.1) is 0 Å². The van der Waals surface area contributed by atoms with Gasteiger partial charge in [-0.05, 0) is 61.9 Å². The number of nitrogens with one attached hydrogen (secondary N) is 2. The standard InChI is InChI=1S/C17H26N2/c1-2-9-16(8-1)19-11-4-7-14-5-3-6-15-10-12-18-13-17(14)15/h3,5-6,16,18-19H,1-2,4,7-13H2. The molecule has 3 rings (SSSR count). The van der Waals surface area contributed by atoms with E-state index in [0.29, 0.717) is 0 Å². The molecule has 1 aromatic carbocycles. The molecule has 104 valence electrons. The fraction of sp³-hybridized carbons (Fsp3) is 0.647. The van der Waals surface area contributed by atoms with Gasteiger partial charge in [0.25, 0.3) is 0 Å². The SMILES string of the molecule is c1cc(CCCNC2CCCC2)c2c(c1)CCNC2. The average Bonchev–Trinajstić information content (AvgIpc) is 2.97. The highest BCUT2D eigenvalue weighted by molar-refractivity contribution is 5.37. The third kappa shape index (κ3) is 3.37. The van der Waals surface area contributed by atoms with Gasteiger partial charge in [-0.2, -0.15) is 0 Å². The van der Waals surface area contributed by atoms with Crippen molar-refractivity contribution in [2.24, 2.45) is 0 Å². The Morgan fingerprint density at radius 2 is 2.11 bits per heavy atom. The van der Waals surface area contributed by atoms with Crippen molar-refractivity contribution >= 4 is 0 Å². The van der Waals surface area contributed by atoms with E-state index in [1.54, 1.807) is 16.7 Å². The molecule has 1 aliphatic heterocycles. The van der Waals surface area contributed by atoms with Gasteiger partial charge in [0.2, 0.25) is 0 Å². The van der Waals surface area contributed by atoms with Crippen molar-refractivity contribution < 1.29 is 0 Å². The molecule has 0 saturated heterocycles. The quantitative estimate of drug-likeness (QED) is 0.794. The van der Waals surface area contributed by atoms with Gasteiger partial charge in [-0.3, -0.25) is 0 Å². The summed E-state index contributed by atoms with van der Waals surface area (Å²) in [6.07, 6.45) is 9.33. The highest BCUT2D eigenvalue weighted by Crippen LogP contribution is 2.20. The van der Waals surface area contributed by atoms with Crippen molar-refractivity contribution in [3.63, 3.8) is 0 Å². The van der Waals surface area contributed by atoms with Crippen molar-refractivity contribution in [2.45, 2.75) is 57.5 Å². The summed E-state index contributed by atoms with van der Waals surface area (Å²) in [5, 5.41) is 7.22. The van der Waals surface area contributed by atoms with Crippen LogP contribution in [0.3, 0.4) is 0 Å². The number of hydrogen-bond donors (Lipinski definition) is 2. The van der Waals surface area contributed by atoms with E-state index in [-0.39, 0.29) is 0 Å². The second kappa shape index (κ2) is 6.53. The van der Waals surface area contributed by atoms with Crippen molar-refractivity contribution in [3.8, 4) is 0 Å². The number of hydrogen-bond acceptors (Lipinski definition) is 2. The number of fused-ring (bicyclic) bond motifs is 1. The van der Waals surface area contributed by atoms with E-state index < -0.39 is 0 Å². The van der Waals surface area contributed by atoms with Crippen LogP contribution in [-0.4, -0.2) is 19.1 Å². The predicted molar refractivity (Wildman–Crippen MR) is 80.4 cm³/mol. The molecule has 0 unspecified atom stereocenters. The molecule has 0 aromatic heterocycles. The lowest BCUT2D eigenvalue weighted by Gasteiger charge is -2.20. The number of rotatable bonds is 5.